The first-order valence-corrected chi connectivity index (χ1v) is 7.01. The minimum atomic E-state index is -1.07. The van der Waals surface area contributed by atoms with Crippen molar-refractivity contribution in [2.24, 2.45) is 5.73 Å². The van der Waals surface area contributed by atoms with Crippen LogP contribution in [-0.2, 0) is 0 Å². The molecule has 1 aromatic rings. The van der Waals surface area contributed by atoms with Crippen LogP contribution in [0.2, 0.25) is 0 Å². The second-order valence-corrected chi connectivity index (χ2v) is 4.42. The Bertz CT molecular complexity index is 294. The number of nitrogens with one attached hydrogen (secondary N) is 1. The number of carboxylic acids is 1. The van der Waals surface area contributed by atoms with Gasteiger partial charge in [-0.1, -0.05) is 51.9 Å². The van der Waals surface area contributed by atoms with Gasteiger partial charge in [-0.2, -0.15) is 10.3 Å². The lowest BCUT2D eigenvalue weighted by atomic mass is 10.1. The van der Waals surface area contributed by atoms with Crippen molar-refractivity contribution in [3.63, 3.8) is 0 Å². The van der Waals surface area contributed by atoms with Gasteiger partial charge in [-0.25, -0.2) is 4.79 Å². The number of hydrogen-bond donors (Lipinski definition) is 3. The van der Waals surface area contributed by atoms with Crippen molar-refractivity contribution in [3.05, 3.63) is 11.9 Å². The SMILES string of the molecule is CCCCCCCCCCN.O=C(O)c1cn[nH]n1. The molecular weight excluding hydrogens is 244 g/mol. The highest BCUT2D eigenvalue weighted by molar-refractivity contribution is 5.84. The van der Waals surface area contributed by atoms with Gasteiger partial charge >= 0.3 is 5.97 Å². The molecule has 110 valence electrons. The molecule has 0 aliphatic carbocycles. The molecule has 0 amide bonds. The average molecular weight is 270 g/mol. The number of aromatic nitrogens is 3. The van der Waals surface area contributed by atoms with Gasteiger partial charge in [0.15, 0.2) is 5.69 Å². The highest BCUT2D eigenvalue weighted by Crippen LogP contribution is 2.07. The van der Waals surface area contributed by atoms with E-state index in [1.807, 2.05) is 0 Å². The van der Waals surface area contributed by atoms with E-state index >= 15 is 0 Å². The van der Waals surface area contributed by atoms with Crippen LogP contribution < -0.4 is 5.73 Å². The zero-order chi connectivity index (χ0) is 14.3. The molecule has 0 radical (unpaired) electrons. The number of carbonyl (C=O) groups is 1. The molecule has 0 aromatic carbocycles. The second kappa shape index (κ2) is 13.0. The lowest BCUT2D eigenvalue weighted by Crippen LogP contribution is -1.97. The quantitative estimate of drug-likeness (QED) is 0.598. The van der Waals surface area contributed by atoms with Gasteiger partial charge in [0.25, 0.3) is 0 Å². The van der Waals surface area contributed by atoms with Gasteiger partial charge in [-0.3, -0.25) is 0 Å². The van der Waals surface area contributed by atoms with Crippen molar-refractivity contribution in [1.82, 2.24) is 15.4 Å². The molecule has 19 heavy (non-hydrogen) atoms. The molecule has 1 heterocycles. The van der Waals surface area contributed by atoms with E-state index in [2.05, 4.69) is 22.3 Å². The normalized spacial score (nSPS) is 9.79. The van der Waals surface area contributed by atoms with E-state index in [4.69, 9.17) is 10.8 Å². The van der Waals surface area contributed by atoms with Crippen molar-refractivity contribution in [3.8, 4) is 0 Å². The summed E-state index contributed by atoms with van der Waals surface area (Å²) >= 11 is 0. The topological polar surface area (TPSA) is 105 Å². The fourth-order valence-electron chi connectivity index (χ4n) is 1.58. The Hall–Kier alpha value is -1.43. The Labute approximate surface area is 114 Å². The molecular formula is C13H26N4O2. The first kappa shape index (κ1) is 17.6. The van der Waals surface area contributed by atoms with E-state index in [1.54, 1.807) is 0 Å². The summed E-state index contributed by atoms with van der Waals surface area (Å²) in [7, 11) is 0. The molecule has 6 heteroatoms. The number of nitrogens with two attached hydrogens (primary N) is 1. The van der Waals surface area contributed by atoms with Crippen LogP contribution in [0, 0.1) is 0 Å². The van der Waals surface area contributed by atoms with Crippen LogP contribution in [0.25, 0.3) is 0 Å². The highest BCUT2D eigenvalue weighted by Gasteiger charge is 2.02. The second-order valence-electron chi connectivity index (χ2n) is 4.42. The van der Waals surface area contributed by atoms with Crippen LogP contribution in [0.5, 0.6) is 0 Å². The van der Waals surface area contributed by atoms with E-state index < -0.39 is 5.97 Å². The maximum Gasteiger partial charge on any atom is 0.358 e. The van der Waals surface area contributed by atoms with Gasteiger partial charge in [0.1, 0.15) is 0 Å². The summed E-state index contributed by atoms with van der Waals surface area (Å²) in [6.45, 7) is 3.13. The Morgan fingerprint density at radius 3 is 2.16 bits per heavy atom. The Kier molecular flexibility index (Phi) is 12.0. The number of aromatic carboxylic acids is 1. The maximum absolute atomic E-state index is 9.94. The average Bonchev–Trinajstić information content (AvgIpc) is 2.93. The fraction of sp³-hybridized carbons (Fsp3) is 0.769. The van der Waals surface area contributed by atoms with Gasteiger partial charge in [0, 0.05) is 0 Å². The molecule has 0 spiro atoms. The predicted octanol–water partition coefficient (Wildman–Crippen LogP) is 2.59. The molecule has 4 N–H and O–H groups in total. The van der Waals surface area contributed by atoms with Gasteiger partial charge < -0.3 is 10.8 Å². The molecule has 0 saturated carbocycles. The molecule has 0 aliphatic heterocycles. The smallest absolute Gasteiger partial charge is 0.358 e. The van der Waals surface area contributed by atoms with Gasteiger partial charge in [0.2, 0.25) is 0 Å². The first-order valence-electron chi connectivity index (χ1n) is 7.01. The number of rotatable bonds is 9. The predicted molar refractivity (Wildman–Crippen MR) is 75.0 cm³/mol. The summed E-state index contributed by atoms with van der Waals surface area (Å²) in [6.07, 6.45) is 12.1. The van der Waals surface area contributed by atoms with E-state index in [0.29, 0.717) is 0 Å². The van der Waals surface area contributed by atoms with Crippen LogP contribution in [0.4, 0.5) is 0 Å². The number of H-pyrrole nitrogens is 1. The van der Waals surface area contributed by atoms with Gasteiger partial charge in [-0.15, -0.1) is 5.10 Å². The summed E-state index contributed by atoms with van der Waals surface area (Å²) in [4.78, 5) is 9.94. The third-order valence-electron chi connectivity index (χ3n) is 2.69. The highest BCUT2D eigenvalue weighted by atomic mass is 16.4. The molecule has 0 bridgehead atoms. The van der Waals surface area contributed by atoms with Crippen molar-refractivity contribution in [1.29, 1.82) is 0 Å². The number of hydrogen-bond acceptors (Lipinski definition) is 4. The maximum atomic E-state index is 9.94. The van der Waals surface area contributed by atoms with Crippen molar-refractivity contribution in [2.75, 3.05) is 6.54 Å². The third kappa shape index (κ3) is 11.4. The minimum absolute atomic E-state index is 0.0648. The van der Waals surface area contributed by atoms with E-state index in [-0.39, 0.29) is 5.69 Å². The van der Waals surface area contributed by atoms with Gasteiger partial charge in [-0.05, 0) is 13.0 Å². The van der Waals surface area contributed by atoms with Crippen LogP contribution in [0.1, 0.15) is 68.8 Å². The van der Waals surface area contributed by atoms with E-state index in [1.165, 1.54) is 51.4 Å². The van der Waals surface area contributed by atoms with Crippen LogP contribution in [-0.4, -0.2) is 33.0 Å². The summed E-state index contributed by atoms with van der Waals surface area (Å²) < 4.78 is 0. The Morgan fingerprint density at radius 1 is 1.21 bits per heavy atom. The minimum Gasteiger partial charge on any atom is -0.476 e. The van der Waals surface area contributed by atoms with Crippen LogP contribution in [0.15, 0.2) is 6.20 Å². The van der Waals surface area contributed by atoms with Crippen molar-refractivity contribution < 1.29 is 9.90 Å². The molecule has 0 unspecified atom stereocenters. The molecule has 0 fully saturated rings. The third-order valence-corrected chi connectivity index (χ3v) is 2.69. The Morgan fingerprint density at radius 2 is 1.79 bits per heavy atom. The Balaban J connectivity index is 0.000000356. The van der Waals surface area contributed by atoms with Crippen molar-refractivity contribution >= 4 is 5.97 Å². The lowest BCUT2D eigenvalue weighted by molar-refractivity contribution is 0.0690. The van der Waals surface area contributed by atoms with Gasteiger partial charge in [0.05, 0.1) is 6.20 Å². The molecule has 0 atom stereocenters. The van der Waals surface area contributed by atoms with E-state index in [9.17, 15) is 4.79 Å². The number of nitrogens with zero attached hydrogens (tertiary/aromatic N) is 2. The molecule has 1 rings (SSSR count). The lowest BCUT2D eigenvalue weighted by Gasteiger charge is -1.99. The van der Waals surface area contributed by atoms with Crippen LogP contribution >= 0.6 is 0 Å². The van der Waals surface area contributed by atoms with Crippen LogP contribution in [0.3, 0.4) is 0 Å². The fourth-order valence-corrected chi connectivity index (χ4v) is 1.58. The van der Waals surface area contributed by atoms with E-state index in [0.717, 1.165) is 12.7 Å². The summed E-state index contributed by atoms with van der Waals surface area (Å²) in [5.41, 5.74) is 5.33. The largest absolute Gasteiger partial charge is 0.476 e. The molecule has 1 aromatic heterocycles. The molecule has 0 aliphatic rings. The standard InChI is InChI=1S/C10H23N.C3H3N3O2/c1-2-3-4-5-6-7-8-9-10-11;7-3(8)2-1-4-6-5-2/h2-11H2,1H3;1H,(H,7,8)(H,4,5,6). The number of carboxylic acid groups (broad SMARTS) is 1. The van der Waals surface area contributed by atoms with Crippen molar-refractivity contribution in [2.45, 2.75) is 58.3 Å². The summed E-state index contributed by atoms with van der Waals surface area (Å²) in [5.74, 6) is -1.07. The zero-order valence-corrected chi connectivity index (χ0v) is 11.8. The summed E-state index contributed by atoms with van der Waals surface area (Å²) in [5, 5.41) is 16.9. The zero-order valence-electron chi connectivity index (χ0n) is 11.8. The number of aromatic amines is 1. The summed E-state index contributed by atoms with van der Waals surface area (Å²) in [6, 6.07) is 0. The number of unbranched alkanes of at least 4 members (excludes halogenated alkanes) is 7. The molecule has 0 saturated heterocycles. The molecule has 6 nitrogen and oxygen atoms in total. The monoisotopic (exact) mass is 270 g/mol. The first-order chi connectivity index (χ1) is 9.22.